The fraction of sp³-hybridized carbons (Fsp3) is 0.467. The lowest BCUT2D eigenvalue weighted by molar-refractivity contribution is -0.134. The molecule has 192 valence electrons. The van der Waals surface area contributed by atoms with E-state index in [0.717, 1.165) is 67.5 Å². The zero-order chi connectivity index (χ0) is 25.7. The molecule has 4 rings (SSSR count). The van der Waals surface area contributed by atoms with Gasteiger partial charge in [-0.2, -0.15) is 5.10 Å². The summed E-state index contributed by atoms with van der Waals surface area (Å²) < 4.78 is 2.09. The van der Waals surface area contributed by atoms with Crippen LogP contribution in [0.2, 0.25) is 0 Å². The molecule has 0 bridgehead atoms. The Morgan fingerprint density at radius 1 is 0.972 bits per heavy atom. The smallest absolute Gasteiger partial charge is 0.230 e. The highest BCUT2D eigenvalue weighted by Gasteiger charge is 2.30. The first-order chi connectivity index (χ1) is 17.4. The first kappa shape index (κ1) is 26.0. The molecule has 2 heterocycles. The minimum atomic E-state index is -0.137. The number of likely N-dealkylation sites (N-methyl/N-ethyl adjacent to an activating group) is 1. The average Bonchev–Trinajstić information content (AvgIpc) is 3.21. The Hall–Kier alpha value is -3.12. The van der Waals surface area contributed by atoms with Gasteiger partial charge in [0.25, 0.3) is 0 Å². The molecule has 6 nitrogen and oxygen atoms in total. The third-order valence-corrected chi connectivity index (χ3v) is 7.12. The molecule has 0 spiro atoms. The Labute approximate surface area is 216 Å². The van der Waals surface area contributed by atoms with Crippen molar-refractivity contribution in [3.05, 3.63) is 77.5 Å². The van der Waals surface area contributed by atoms with E-state index in [2.05, 4.69) is 90.5 Å². The third-order valence-electron chi connectivity index (χ3n) is 7.12. The SMILES string of the molecule is CCC(C(=O)N(Cc1c(C)nn(-c2ccccc2)c1N1CCN(C)CC1)CC(C)C)c1ccccc1. The van der Waals surface area contributed by atoms with Crippen LogP contribution in [0.3, 0.4) is 0 Å². The molecule has 1 aliphatic heterocycles. The molecule has 0 radical (unpaired) electrons. The molecule has 1 aromatic heterocycles. The Morgan fingerprint density at radius 2 is 1.58 bits per heavy atom. The molecular formula is C30H41N5O. The number of hydrogen-bond donors (Lipinski definition) is 0. The molecule has 1 aliphatic rings. The van der Waals surface area contributed by atoms with Crippen molar-refractivity contribution in [2.45, 2.75) is 46.6 Å². The lowest BCUT2D eigenvalue weighted by Crippen LogP contribution is -2.46. The van der Waals surface area contributed by atoms with E-state index in [1.54, 1.807) is 0 Å². The summed E-state index contributed by atoms with van der Waals surface area (Å²) in [6, 6.07) is 20.6. The summed E-state index contributed by atoms with van der Waals surface area (Å²) in [6.07, 6.45) is 0.783. The van der Waals surface area contributed by atoms with Gasteiger partial charge in [-0.1, -0.05) is 69.3 Å². The van der Waals surface area contributed by atoms with Crippen molar-refractivity contribution in [3.63, 3.8) is 0 Å². The second kappa shape index (κ2) is 11.7. The van der Waals surface area contributed by atoms with Crippen LogP contribution in [0, 0.1) is 12.8 Å². The van der Waals surface area contributed by atoms with E-state index in [4.69, 9.17) is 5.10 Å². The Bertz CT molecular complexity index is 1120. The largest absolute Gasteiger partial charge is 0.354 e. The summed E-state index contributed by atoms with van der Waals surface area (Å²) >= 11 is 0. The van der Waals surface area contributed by atoms with Gasteiger partial charge in [-0.05, 0) is 44.0 Å². The number of piperazine rings is 1. The fourth-order valence-electron chi connectivity index (χ4n) is 5.15. The maximum absolute atomic E-state index is 14.0. The van der Waals surface area contributed by atoms with E-state index in [1.807, 2.05) is 24.3 Å². The first-order valence-corrected chi connectivity index (χ1v) is 13.3. The van der Waals surface area contributed by atoms with E-state index >= 15 is 0 Å². The van der Waals surface area contributed by atoms with Crippen LogP contribution in [0.4, 0.5) is 5.82 Å². The van der Waals surface area contributed by atoms with Crippen LogP contribution in [0.5, 0.6) is 0 Å². The number of aryl methyl sites for hydroxylation is 1. The van der Waals surface area contributed by atoms with Crippen molar-refractivity contribution in [1.29, 1.82) is 0 Å². The zero-order valence-electron chi connectivity index (χ0n) is 22.5. The van der Waals surface area contributed by atoms with Crippen LogP contribution < -0.4 is 4.90 Å². The molecule has 1 saturated heterocycles. The standard InChI is InChI=1S/C30H41N5O/c1-6-27(25-13-9-7-10-14-25)30(36)34(21-23(2)3)22-28-24(4)31-35(26-15-11-8-12-16-26)29(28)33-19-17-32(5)18-20-33/h7-16,23,27H,6,17-22H2,1-5H3. The van der Waals surface area contributed by atoms with Gasteiger partial charge in [0, 0.05) is 38.3 Å². The summed E-state index contributed by atoms with van der Waals surface area (Å²) in [5.41, 5.74) is 4.29. The zero-order valence-corrected chi connectivity index (χ0v) is 22.5. The summed E-state index contributed by atoms with van der Waals surface area (Å²) in [5.74, 6) is 1.56. The molecule has 1 unspecified atom stereocenters. The minimum Gasteiger partial charge on any atom is -0.354 e. The number of carbonyl (C=O) groups excluding carboxylic acids is 1. The van der Waals surface area contributed by atoms with E-state index in [1.165, 1.54) is 0 Å². The van der Waals surface area contributed by atoms with Crippen LogP contribution in [0.15, 0.2) is 60.7 Å². The van der Waals surface area contributed by atoms with Crippen LogP contribution >= 0.6 is 0 Å². The molecule has 36 heavy (non-hydrogen) atoms. The molecule has 2 aromatic carbocycles. The molecule has 1 fully saturated rings. The number of aromatic nitrogens is 2. The highest BCUT2D eigenvalue weighted by Crippen LogP contribution is 2.31. The molecular weight excluding hydrogens is 446 g/mol. The second-order valence-corrected chi connectivity index (χ2v) is 10.4. The fourth-order valence-corrected chi connectivity index (χ4v) is 5.15. The first-order valence-electron chi connectivity index (χ1n) is 13.3. The Balaban J connectivity index is 1.73. The van der Waals surface area contributed by atoms with Gasteiger partial charge in [0.05, 0.1) is 23.8 Å². The normalized spacial score (nSPS) is 15.3. The summed E-state index contributed by atoms with van der Waals surface area (Å²) in [6.45, 7) is 13.8. The minimum absolute atomic E-state index is 0.137. The molecule has 1 amide bonds. The molecule has 0 aliphatic carbocycles. The van der Waals surface area contributed by atoms with Crippen molar-refractivity contribution in [2.24, 2.45) is 5.92 Å². The van der Waals surface area contributed by atoms with Gasteiger partial charge in [-0.25, -0.2) is 4.68 Å². The van der Waals surface area contributed by atoms with E-state index < -0.39 is 0 Å². The maximum Gasteiger partial charge on any atom is 0.230 e. The molecule has 0 saturated carbocycles. The van der Waals surface area contributed by atoms with Crippen molar-refractivity contribution in [3.8, 4) is 5.69 Å². The summed E-state index contributed by atoms with van der Waals surface area (Å²) in [5, 5.41) is 5.01. The lowest BCUT2D eigenvalue weighted by atomic mass is 9.94. The van der Waals surface area contributed by atoms with Gasteiger partial charge in [0.15, 0.2) is 0 Å². The van der Waals surface area contributed by atoms with E-state index in [9.17, 15) is 4.79 Å². The van der Waals surface area contributed by atoms with Gasteiger partial charge < -0.3 is 14.7 Å². The highest BCUT2D eigenvalue weighted by atomic mass is 16.2. The van der Waals surface area contributed by atoms with Crippen molar-refractivity contribution in [1.82, 2.24) is 19.6 Å². The quantitative estimate of drug-likeness (QED) is 0.421. The van der Waals surface area contributed by atoms with Gasteiger partial charge in [0.1, 0.15) is 5.82 Å². The summed E-state index contributed by atoms with van der Waals surface area (Å²) in [7, 11) is 2.18. The third kappa shape index (κ3) is 5.81. The average molecular weight is 488 g/mol. The van der Waals surface area contributed by atoms with Gasteiger partial charge in [-0.3, -0.25) is 4.79 Å². The second-order valence-electron chi connectivity index (χ2n) is 10.4. The van der Waals surface area contributed by atoms with Crippen LogP contribution in [0.25, 0.3) is 5.69 Å². The molecule has 3 aromatic rings. The van der Waals surface area contributed by atoms with Gasteiger partial charge in [-0.15, -0.1) is 0 Å². The number of carbonyl (C=O) groups is 1. The number of para-hydroxylation sites is 1. The molecule has 6 heteroatoms. The van der Waals surface area contributed by atoms with Crippen LogP contribution in [-0.4, -0.2) is 65.3 Å². The van der Waals surface area contributed by atoms with Crippen LogP contribution in [-0.2, 0) is 11.3 Å². The number of rotatable bonds is 9. The number of nitrogens with zero attached hydrogens (tertiary/aromatic N) is 5. The van der Waals surface area contributed by atoms with Gasteiger partial charge >= 0.3 is 0 Å². The Morgan fingerprint density at radius 3 is 2.17 bits per heavy atom. The predicted molar refractivity (Wildman–Crippen MR) is 148 cm³/mol. The molecule has 1 atom stereocenters. The lowest BCUT2D eigenvalue weighted by Gasteiger charge is -2.35. The maximum atomic E-state index is 14.0. The van der Waals surface area contributed by atoms with Crippen LogP contribution in [0.1, 0.15) is 49.9 Å². The van der Waals surface area contributed by atoms with Crippen molar-refractivity contribution >= 4 is 11.7 Å². The van der Waals surface area contributed by atoms with Crippen molar-refractivity contribution in [2.75, 3.05) is 44.7 Å². The summed E-state index contributed by atoms with van der Waals surface area (Å²) in [4.78, 5) is 20.9. The molecule has 0 N–H and O–H groups in total. The highest BCUT2D eigenvalue weighted by molar-refractivity contribution is 5.84. The monoisotopic (exact) mass is 487 g/mol. The van der Waals surface area contributed by atoms with Gasteiger partial charge in [0.2, 0.25) is 5.91 Å². The van der Waals surface area contributed by atoms with E-state index in [-0.39, 0.29) is 11.8 Å². The number of benzene rings is 2. The van der Waals surface area contributed by atoms with E-state index in [0.29, 0.717) is 12.5 Å². The number of amides is 1. The predicted octanol–water partition coefficient (Wildman–Crippen LogP) is 5.11. The number of hydrogen-bond acceptors (Lipinski definition) is 4. The number of anilines is 1. The Kier molecular flexibility index (Phi) is 8.47. The topological polar surface area (TPSA) is 44.6 Å². The van der Waals surface area contributed by atoms with Crippen molar-refractivity contribution < 1.29 is 4.79 Å².